The van der Waals surface area contributed by atoms with Crippen LogP contribution in [0.3, 0.4) is 0 Å². The van der Waals surface area contributed by atoms with E-state index in [2.05, 4.69) is 11.9 Å². The molecule has 2 N–H and O–H groups in total. The predicted octanol–water partition coefficient (Wildman–Crippen LogP) is 0.994. The fraction of sp³-hybridized carbons (Fsp3) is 0.846. The summed E-state index contributed by atoms with van der Waals surface area (Å²) in [6.07, 6.45) is 3.52. The Kier molecular flexibility index (Phi) is 3.65. The smallest absolute Gasteiger partial charge is 0.235 e. The van der Waals surface area contributed by atoms with Crippen molar-refractivity contribution in [2.45, 2.75) is 45.2 Å². The second-order valence-corrected chi connectivity index (χ2v) is 6.52. The molecule has 0 radical (unpaired) electrons. The first-order valence-electron chi connectivity index (χ1n) is 6.65. The number of amides is 1. The van der Waals surface area contributed by atoms with E-state index in [1.54, 1.807) is 0 Å². The van der Waals surface area contributed by atoms with E-state index in [9.17, 15) is 4.79 Å². The van der Waals surface area contributed by atoms with Crippen LogP contribution < -0.4 is 5.73 Å². The van der Waals surface area contributed by atoms with Gasteiger partial charge in [-0.1, -0.05) is 12.2 Å². The third kappa shape index (κ3) is 2.26. The molecule has 2 unspecified atom stereocenters. The average Bonchev–Trinajstić information content (AvgIpc) is 2.52. The summed E-state index contributed by atoms with van der Waals surface area (Å²) >= 11 is 5.02. The van der Waals surface area contributed by atoms with Gasteiger partial charge in [-0.05, 0) is 40.2 Å². The summed E-state index contributed by atoms with van der Waals surface area (Å²) < 4.78 is 0. The van der Waals surface area contributed by atoms with Crippen LogP contribution >= 0.6 is 12.2 Å². The normalized spacial score (nSPS) is 29.2. The highest BCUT2D eigenvalue weighted by molar-refractivity contribution is 7.80. The first-order valence-corrected chi connectivity index (χ1v) is 7.06. The van der Waals surface area contributed by atoms with E-state index < -0.39 is 5.41 Å². The Balaban J connectivity index is 2.11. The van der Waals surface area contributed by atoms with E-state index >= 15 is 0 Å². The van der Waals surface area contributed by atoms with Gasteiger partial charge in [0.1, 0.15) is 0 Å². The van der Waals surface area contributed by atoms with Crippen molar-refractivity contribution in [3.63, 3.8) is 0 Å². The van der Waals surface area contributed by atoms with E-state index in [4.69, 9.17) is 18.0 Å². The Morgan fingerprint density at radius 2 is 1.89 bits per heavy atom. The number of likely N-dealkylation sites (N-methyl/N-ethyl adjacent to an activating group) is 1. The number of carbonyl (C=O) groups excluding carboxylic acids is 1. The summed E-state index contributed by atoms with van der Waals surface area (Å²) in [5.74, 6) is 0.0796. The molecular formula is C13H23N3OS. The summed E-state index contributed by atoms with van der Waals surface area (Å²) in [4.78, 5) is 17.2. The summed E-state index contributed by atoms with van der Waals surface area (Å²) in [7, 11) is 2.18. The molecule has 2 saturated heterocycles. The number of carbonyl (C=O) groups is 1. The lowest BCUT2D eigenvalue weighted by atomic mass is 9.91. The monoisotopic (exact) mass is 269 g/mol. The predicted molar refractivity (Wildman–Crippen MR) is 76.3 cm³/mol. The van der Waals surface area contributed by atoms with Crippen molar-refractivity contribution in [1.82, 2.24) is 9.80 Å². The number of thiocarbonyl (C=S) groups is 1. The van der Waals surface area contributed by atoms with Crippen molar-refractivity contribution in [3.8, 4) is 0 Å². The first-order chi connectivity index (χ1) is 8.34. The lowest BCUT2D eigenvalue weighted by Gasteiger charge is -2.32. The minimum absolute atomic E-state index is 0.0796. The number of nitrogens with two attached hydrogens (primary N) is 1. The summed E-state index contributed by atoms with van der Waals surface area (Å²) in [5, 5.41) is 0. The highest BCUT2D eigenvalue weighted by Gasteiger charge is 2.40. The summed E-state index contributed by atoms with van der Waals surface area (Å²) in [5.41, 5.74) is 4.97. The molecule has 0 aromatic carbocycles. The van der Waals surface area contributed by atoms with Crippen LogP contribution in [0, 0.1) is 5.41 Å². The second-order valence-electron chi connectivity index (χ2n) is 6.08. The Labute approximate surface area is 114 Å². The van der Waals surface area contributed by atoms with Crippen molar-refractivity contribution in [3.05, 3.63) is 0 Å². The van der Waals surface area contributed by atoms with Gasteiger partial charge >= 0.3 is 0 Å². The third-order valence-electron chi connectivity index (χ3n) is 4.59. The van der Waals surface area contributed by atoms with Crippen LogP contribution in [0.4, 0.5) is 0 Å². The minimum Gasteiger partial charge on any atom is -0.392 e. The van der Waals surface area contributed by atoms with Gasteiger partial charge in [-0.2, -0.15) is 0 Å². The highest BCUT2D eigenvalue weighted by atomic mass is 32.1. The van der Waals surface area contributed by atoms with E-state index in [1.165, 1.54) is 12.8 Å². The molecule has 2 aliphatic heterocycles. The molecule has 102 valence electrons. The van der Waals surface area contributed by atoms with Crippen molar-refractivity contribution < 1.29 is 4.79 Å². The molecule has 2 bridgehead atoms. The second kappa shape index (κ2) is 4.78. The van der Waals surface area contributed by atoms with Crippen LogP contribution in [0.5, 0.6) is 0 Å². The van der Waals surface area contributed by atoms with Crippen LogP contribution in [-0.4, -0.2) is 52.9 Å². The van der Waals surface area contributed by atoms with Gasteiger partial charge in [0.05, 0.1) is 10.4 Å². The van der Waals surface area contributed by atoms with Gasteiger partial charge in [-0.15, -0.1) is 0 Å². The Bertz CT molecular complexity index is 369. The Hall–Kier alpha value is -0.680. The van der Waals surface area contributed by atoms with Crippen molar-refractivity contribution in [1.29, 1.82) is 0 Å². The molecule has 0 spiro atoms. The van der Waals surface area contributed by atoms with Crippen molar-refractivity contribution in [2.24, 2.45) is 11.1 Å². The molecular weight excluding hydrogens is 246 g/mol. The van der Waals surface area contributed by atoms with Crippen molar-refractivity contribution >= 4 is 23.1 Å². The summed E-state index contributed by atoms with van der Waals surface area (Å²) in [6.45, 7) is 5.29. The molecule has 2 atom stereocenters. The van der Waals surface area contributed by atoms with Crippen LogP contribution in [0.25, 0.3) is 0 Å². The molecule has 0 aromatic heterocycles. The van der Waals surface area contributed by atoms with Crippen LogP contribution in [-0.2, 0) is 4.79 Å². The number of hydrogen-bond donors (Lipinski definition) is 1. The zero-order valence-corrected chi connectivity index (χ0v) is 12.3. The van der Waals surface area contributed by atoms with Gasteiger partial charge in [0, 0.05) is 25.2 Å². The molecule has 1 amide bonds. The molecule has 2 aliphatic rings. The quantitative estimate of drug-likeness (QED) is 0.760. The number of rotatable bonds is 2. The Morgan fingerprint density at radius 3 is 2.50 bits per heavy atom. The molecule has 0 aliphatic carbocycles. The van der Waals surface area contributed by atoms with Gasteiger partial charge in [0.25, 0.3) is 0 Å². The topological polar surface area (TPSA) is 49.6 Å². The number of likely N-dealkylation sites (tertiary alicyclic amines) is 1. The lowest BCUT2D eigenvalue weighted by Crippen LogP contribution is -2.49. The molecule has 5 heteroatoms. The van der Waals surface area contributed by atoms with Crippen molar-refractivity contribution in [2.75, 3.05) is 20.1 Å². The average molecular weight is 269 g/mol. The van der Waals surface area contributed by atoms with E-state index in [1.807, 2.05) is 18.7 Å². The molecule has 0 aromatic rings. The molecule has 2 fully saturated rings. The van der Waals surface area contributed by atoms with Crippen LogP contribution in [0.15, 0.2) is 0 Å². The minimum atomic E-state index is -0.725. The lowest BCUT2D eigenvalue weighted by molar-refractivity contribution is -0.137. The number of nitrogens with zero attached hydrogens (tertiary/aromatic N) is 2. The molecule has 4 nitrogen and oxygen atoms in total. The third-order valence-corrected chi connectivity index (χ3v) is 5.10. The first kappa shape index (κ1) is 13.7. The maximum absolute atomic E-state index is 12.5. The van der Waals surface area contributed by atoms with Gasteiger partial charge in [-0.3, -0.25) is 9.69 Å². The zero-order chi connectivity index (χ0) is 13.5. The zero-order valence-electron chi connectivity index (χ0n) is 11.5. The van der Waals surface area contributed by atoms with Crippen LogP contribution in [0.2, 0.25) is 0 Å². The largest absolute Gasteiger partial charge is 0.392 e. The van der Waals surface area contributed by atoms with Crippen LogP contribution in [0.1, 0.15) is 33.1 Å². The number of fused-ring (bicyclic) bond motifs is 2. The molecule has 0 saturated carbocycles. The van der Waals surface area contributed by atoms with E-state index in [0.717, 1.165) is 19.5 Å². The standard InChI is InChI=1S/C13H23N3OS/c1-13(2,11(14)18)12(17)16-7-6-9-4-5-10(8-16)15(9)3/h9-10H,4-8H2,1-3H3,(H2,14,18). The fourth-order valence-electron chi connectivity index (χ4n) is 2.99. The number of hydrogen-bond acceptors (Lipinski definition) is 3. The molecule has 2 heterocycles. The van der Waals surface area contributed by atoms with Gasteiger partial charge < -0.3 is 10.6 Å². The van der Waals surface area contributed by atoms with Gasteiger partial charge in [0.2, 0.25) is 5.91 Å². The highest BCUT2D eigenvalue weighted by Crippen LogP contribution is 2.30. The van der Waals surface area contributed by atoms with Gasteiger partial charge in [0.15, 0.2) is 0 Å². The van der Waals surface area contributed by atoms with Gasteiger partial charge in [-0.25, -0.2) is 0 Å². The summed E-state index contributed by atoms with van der Waals surface area (Å²) in [6, 6.07) is 1.14. The van der Waals surface area contributed by atoms with E-state index in [0.29, 0.717) is 12.1 Å². The maximum atomic E-state index is 12.5. The SMILES string of the molecule is CN1C2CCC1CN(C(=O)C(C)(C)C(N)=S)CC2. The molecule has 2 rings (SSSR count). The van der Waals surface area contributed by atoms with E-state index in [-0.39, 0.29) is 10.9 Å². The maximum Gasteiger partial charge on any atom is 0.235 e. The fourth-order valence-corrected chi connectivity index (χ4v) is 3.08. The Morgan fingerprint density at radius 1 is 1.28 bits per heavy atom. The molecule has 18 heavy (non-hydrogen) atoms.